The molecule has 1 aliphatic carbocycles. The van der Waals surface area contributed by atoms with Crippen LogP contribution in [0.4, 0.5) is 4.79 Å². The van der Waals surface area contributed by atoms with Crippen LogP contribution in [-0.4, -0.2) is 29.3 Å². The quantitative estimate of drug-likeness (QED) is 0.749. The molecule has 1 aromatic carbocycles. The molecule has 0 saturated carbocycles. The summed E-state index contributed by atoms with van der Waals surface area (Å²) in [6.07, 6.45) is 3.65. The number of ether oxygens (including phenoxy) is 2. The lowest BCUT2D eigenvalue weighted by Crippen LogP contribution is -2.27. The van der Waals surface area contributed by atoms with Crippen molar-refractivity contribution in [3.8, 4) is 0 Å². The molecular weight excluding hydrogens is 306 g/mol. The van der Waals surface area contributed by atoms with Crippen molar-refractivity contribution in [1.82, 2.24) is 4.57 Å². The van der Waals surface area contributed by atoms with E-state index in [0.717, 1.165) is 29.3 Å². The van der Waals surface area contributed by atoms with Crippen molar-refractivity contribution in [2.24, 2.45) is 5.92 Å². The van der Waals surface area contributed by atoms with Crippen LogP contribution >= 0.6 is 0 Å². The molecule has 0 spiro atoms. The third kappa shape index (κ3) is 3.03. The zero-order chi connectivity index (χ0) is 17.5. The second-order valence-corrected chi connectivity index (χ2v) is 7.27. The smallest absolute Gasteiger partial charge is 0.418 e. The molecule has 2 aromatic rings. The van der Waals surface area contributed by atoms with Crippen LogP contribution in [0.15, 0.2) is 24.4 Å². The number of fused-ring (bicyclic) bond motifs is 3. The molecule has 0 saturated heterocycles. The fourth-order valence-corrected chi connectivity index (χ4v) is 3.31. The molecule has 1 aromatic heterocycles. The van der Waals surface area contributed by atoms with E-state index in [1.807, 2.05) is 39.0 Å². The Labute approximate surface area is 141 Å². The van der Waals surface area contributed by atoms with Crippen LogP contribution in [0, 0.1) is 5.92 Å². The zero-order valence-corrected chi connectivity index (χ0v) is 14.6. The van der Waals surface area contributed by atoms with Gasteiger partial charge < -0.3 is 9.47 Å². The summed E-state index contributed by atoms with van der Waals surface area (Å²) in [7, 11) is 1.43. The molecule has 1 atom stereocenters. The van der Waals surface area contributed by atoms with Crippen LogP contribution in [0.3, 0.4) is 0 Å². The van der Waals surface area contributed by atoms with Crippen molar-refractivity contribution < 1.29 is 19.1 Å². The summed E-state index contributed by atoms with van der Waals surface area (Å²) in [4.78, 5) is 24.3. The minimum Gasteiger partial charge on any atom is -0.469 e. The highest BCUT2D eigenvalue weighted by molar-refractivity contribution is 5.92. The SMILES string of the molecule is COC(=O)C1CCc2ccc3c(ccn3C(=O)OC(C)(C)C)c2C1. The summed E-state index contributed by atoms with van der Waals surface area (Å²) >= 11 is 0. The summed E-state index contributed by atoms with van der Waals surface area (Å²) in [6, 6.07) is 5.93. The maximum atomic E-state index is 12.4. The second kappa shape index (κ2) is 5.96. The molecule has 5 nitrogen and oxygen atoms in total. The van der Waals surface area contributed by atoms with Crippen molar-refractivity contribution in [1.29, 1.82) is 0 Å². The fraction of sp³-hybridized carbons (Fsp3) is 0.474. The minimum absolute atomic E-state index is 0.113. The molecule has 3 rings (SSSR count). The van der Waals surface area contributed by atoms with Gasteiger partial charge in [0.05, 0.1) is 18.5 Å². The van der Waals surface area contributed by atoms with Gasteiger partial charge in [0.2, 0.25) is 0 Å². The van der Waals surface area contributed by atoms with Gasteiger partial charge in [-0.3, -0.25) is 9.36 Å². The maximum absolute atomic E-state index is 12.4. The number of hydrogen-bond acceptors (Lipinski definition) is 4. The lowest BCUT2D eigenvalue weighted by molar-refractivity contribution is -0.145. The summed E-state index contributed by atoms with van der Waals surface area (Å²) in [5.74, 6) is -0.276. The lowest BCUT2D eigenvalue weighted by Gasteiger charge is -2.24. The van der Waals surface area contributed by atoms with Crippen LogP contribution in [-0.2, 0) is 27.1 Å². The standard InChI is InChI=1S/C19H23NO4/c1-19(2,3)24-18(22)20-10-9-14-15-11-13(17(21)23-4)6-5-12(15)7-8-16(14)20/h7-10,13H,5-6,11H2,1-4H3. The number of aromatic nitrogens is 1. The molecule has 0 aliphatic heterocycles. The van der Waals surface area contributed by atoms with E-state index in [9.17, 15) is 9.59 Å². The topological polar surface area (TPSA) is 57.5 Å². The highest BCUT2D eigenvalue weighted by Gasteiger charge is 2.28. The molecule has 0 bridgehead atoms. The maximum Gasteiger partial charge on any atom is 0.418 e. The molecule has 5 heteroatoms. The lowest BCUT2D eigenvalue weighted by atomic mass is 9.82. The van der Waals surface area contributed by atoms with Crippen molar-refractivity contribution in [3.05, 3.63) is 35.5 Å². The Hall–Kier alpha value is -2.30. The Morgan fingerprint density at radius 2 is 1.96 bits per heavy atom. The Kier molecular flexibility index (Phi) is 4.11. The minimum atomic E-state index is -0.544. The molecule has 1 aliphatic rings. The highest BCUT2D eigenvalue weighted by Crippen LogP contribution is 2.33. The predicted molar refractivity (Wildman–Crippen MR) is 91.1 cm³/mol. The van der Waals surface area contributed by atoms with Gasteiger partial charge in [0.15, 0.2) is 0 Å². The van der Waals surface area contributed by atoms with E-state index in [0.29, 0.717) is 6.42 Å². The molecule has 0 fully saturated rings. The van der Waals surface area contributed by atoms with Gasteiger partial charge in [0.25, 0.3) is 0 Å². The first-order valence-electron chi connectivity index (χ1n) is 8.23. The Morgan fingerprint density at radius 1 is 1.21 bits per heavy atom. The van der Waals surface area contributed by atoms with E-state index < -0.39 is 11.7 Å². The van der Waals surface area contributed by atoms with Crippen molar-refractivity contribution in [2.45, 2.75) is 45.6 Å². The zero-order valence-electron chi connectivity index (χ0n) is 14.6. The number of rotatable bonds is 1. The van der Waals surface area contributed by atoms with E-state index in [2.05, 4.69) is 0 Å². The predicted octanol–water partition coefficient (Wildman–Crippen LogP) is 3.70. The van der Waals surface area contributed by atoms with Gasteiger partial charge in [-0.2, -0.15) is 0 Å². The van der Waals surface area contributed by atoms with E-state index >= 15 is 0 Å². The number of aryl methyl sites for hydroxylation is 1. The van der Waals surface area contributed by atoms with Crippen LogP contribution in [0.2, 0.25) is 0 Å². The molecule has 0 amide bonds. The third-order valence-corrected chi connectivity index (χ3v) is 4.42. The summed E-state index contributed by atoms with van der Waals surface area (Å²) in [5.41, 5.74) is 2.65. The van der Waals surface area contributed by atoms with Crippen LogP contribution in [0.5, 0.6) is 0 Å². The Morgan fingerprint density at radius 3 is 2.62 bits per heavy atom. The second-order valence-electron chi connectivity index (χ2n) is 7.27. The molecular formula is C19H23NO4. The van der Waals surface area contributed by atoms with E-state index in [4.69, 9.17) is 9.47 Å². The van der Waals surface area contributed by atoms with Crippen molar-refractivity contribution in [3.63, 3.8) is 0 Å². The first-order chi connectivity index (χ1) is 11.3. The van der Waals surface area contributed by atoms with Crippen LogP contribution < -0.4 is 0 Å². The van der Waals surface area contributed by atoms with Gasteiger partial charge in [-0.1, -0.05) is 6.07 Å². The average Bonchev–Trinajstić information content (AvgIpc) is 2.96. The normalized spacial score (nSPS) is 17.4. The number of methoxy groups -OCH3 is 1. The number of benzene rings is 1. The monoisotopic (exact) mass is 329 g/mol. The highest BCUT2D eigenvalue weighted by atomic mass is 16.6. The Bertz CT molecular complexity index is 798. The molecule has 128 valence electrons. The van der Waals surface area contributed by atoms with Crippen molar-refractivity contribution in [2.75, 3.05) is 7.11 Å². The van der Waals surface area contributed by atoms with E-state index in [1.54, 1.807) is 6.20 Å². The summed E-state index contributed by atoms with van der Waals surface area (Å²) in [6.45, 7) is 5.54. The number of carbonyl (C=O) groups excluding carboxylic acids is 2. The summed E-state index contributed by atoms with van der Waals surface area (Å²) in [5, 5.41) is 1.01. The fourth-order valence-electron chi connectivity index (χ4n) is 3.31. The molecule has 0 N–H and O–H groups in total. The first kappa shape index (κ1) is 16.6. The molecule has 24 heavy (non-hydrogen) atoms. The first-order valence-corrected chi connectivity index (χ1v) is 8.23. The van der Waals surface area contributed by atoms with Crippen LogP contribution in [0.25, 0.3) is 10.9 Å². The van der Waals surface area contributed by atoms with Gasteiger partial charge in [0, 0.05) is 11.6 Å². The number of esters is 1. The molecule has 1 heterocycles. The molecule has 0 radical (unpaired) electrons. The van der Waals surface area contributed by atoms with Gasteiger partial charge in [-0.15, -0.1) is 0 Å². The van der Waals surface area contributed by atoms with Crippen molar-refractivity contribution >= 4 is 23.0 Å². The largest absolute Gasteiger partial charge is 0.469 e. The third-order valence-electron chi connectivity index (χ3n) is 4.42. The van der Waals surface area contributed by atoms with Gasteiger partial charge in [-0.25, -0.2) is 4.79 Å². The van der Waals surface area contributed by atoms with E-state index in [1.165, 1.54) is 17.2 Å². The summed E-state index contributed by atoms with van der Waals surface area (Å²) < 4.78 is 11.9. The number of carbonyl (C=O) groups is 2. The van der Waals surface area contributed by atoms with Gasteiger partial charge >= 0.3 is 12.1 Å². The van der Waals surface area contributed by atoms with Gasteiger partial charge in [0.1, 0.15) is 5.60 Å². The average molecular weight is 329 g/mol. The number of nitrogens with zero attached hydrogens (tertiary/aromatic N) is 1. The molecule has 1 unspecified atom stereocenters. The Balaban J connectivity index is 1.99. The number of hydrogen-bond donors (Lipinski definition) is 0. The van der Waals surface area contributed by atoms with Crippen LogP contribution in [0.1, 0.15) is 38.3 Å². The van der Waals surface area contributed by atoms with E-state index in [-0.39, 0.29) is 11.9 Å². The van der Waals surface area contributed by atoms with Gasteiger partial charge in [-0.05, 0) is 63.3 Å².